The van der Waals surface area contributed by atoms with Crippen LogP contribution in [-0.4, -0.2) is 51.5 Å². The van der Waals surface area contributed by atoms with Gasteiger partial charge in [-0.3, -0.25) is 14.6 Å². The number of piperazine rings is 1. The van der Waals surface area contributed by atoms with E-state index in [1.807, 2.05) is 42.5 Å². The zero-order valence-electron chi connectivity index (χ0n) is 17.8. The molecule has 0 bridgehead atoms. The van der Waals surface area contributed by atoms with Crippen molar-refractivity contribution in [2.24, 2.45) is 0 Å². The fourth-order valence-corrected chi connectivity index (χ4v) is 4.32. The molecule has 0 N–H and O–H groups in total. The number of hydrogen-bond donors (Lipinski definition) is 0. The van der Waals surface area contributed by atoms with Crippen molar-refractivity contribution < 1.29 is 14.1 Å². The average molecular weight is 439 g/mol. The Hall–Kier alpha value is -4.07. The van der Waals surface area contributed by atoms with Gasteiger partial charge in [0, 0.05) is 36.5 Å². The molecule has 33 heavy (non-hydrogen) atoms. The highest BCUT2D eigenvalue weighted by Crippen LogP contribution is 2.41. The van der Waals surface area contributed by atoms with Gasteiger partial charge in [-0.05, 0) is 31.0 Å². The summed E-state index contributed by atoms with van der Waals surface area (Å²) >= 11 is 0. The second-order valence-electron chi connectivity index (χ2n) is 8.43. The Bertz CT molecular complexity index is 1350. The van der Waals surface area contributed by atoms with Gasteiger partial charge in [-0.1, -0.05) is 35.5 Å². The topological polar surface area (TPSA) is 92.4 Å². The van der Waals surface area contributed by atoms with Crippen LogP contribution in [0.1, 0.15) is 34.8 Å². The Balaban J connectivity index is 1.37. The van der Waals surface area contributed by atoms with E-state index in [9.17, 15) is 9.59 Å². The molecule has 0 unspecified atom stereocenters. The maximum atomic E-state index is 13.7. The van der Waals surface area contributed by atoms with Crippen LogP contribution in [0.3, 0.4) is 0 Å². The Kier molecular flexibility index (Phi) is 4.64. The van der Waals surface area contributed by atoms with E-state index in [-0.39, 0.29) is 18.4 Å². The van der Waals surface area contributed by atoms with Crippen LogP contribution in [0, 0.1) is 0 Å². The largest absolute Gasteiger partial charge is 0.335 e. The number of carbonyl (C=O) groups excluding carboxylic acids is 2. The zero-order chi connectivity index (χ0) is 22.4. The molecule has 0 radical (unpaired) electrons. The summed E-state index contributed by atoms with van der Waals surface area (Å²) in [7, 11) is 0. The van der Waals surface area contributed by atoms with E-state index in [4.69, 9.17) is 4.52 Å². The molecule has 0 spiro atoms. The molecule has 4 heterocycles. The van der Waals surface area contributed by atoms with Crippen molar-refractivity contribution in [2.45, 2.75) is 18.8 Å². The minimum atomic E-state index is -0.205. The first-order valence-electron chi connectivity index (χ1n) is 11.0. The van der Waals surface area contributed by atoms with Gasteiger partial charge in [0.25, 0.3) is 11.6 Å². The summed E-state index contributed by atoms with van der Waals surface area (Å²) in [6, 6.07) is 15.1. The van der Waals surface area contributed by atoms with E-state index in [2.05, 4.69) is 15.1 Å². The highest BCUT2D eigenvalue weighted by atomic mass is 16.5. The summed E-state index contributed by atoms with van der Waals surface area (Å²) in [5.41, 5.74) is 3.88. The number of anilines is 1. The van der Waals surface area contributed by atoms with Crippen LogP contribution in [0.2, 0.25) is 0 Å². The zero-order valence-corrected chi connectivity index (χ0v) is 17.8. The summed E-state index contributed by atoms with van der Waals surface area (Å²) in [6.07, 6.45) is 5.43. The van der Waals surface area contributed by atoms with Crippen molar-refractivity contribution in [1.82, 2.24) is 20.0 Å². The second kappa shape index (κ2) is 7.81. The SMILES string of the molecule is O=C(c1cc(C2CC2)nc2onc(-c3ccccc3)c12)N1CCN(c2cccnc2)C(=O)C1. The van der Waals surface area contributed by atoms with Crippen molar-refractivity contribution in [1.29, 1.82) is 0 Å². The van der Waals surface area contributed by atoms with Crippen molar-refractivity contribution >= 4 is 28.6 Å². The molecule has 4 aromatic rings. The summed E-state index contributed by atoms with van der Waals surface area (Å²) in [5, 5.41) is 4.85. The lowest BCUT2D eigenvalue weighted by molar-refractivity contribution is -0.120. The lowest BCUT2D eigenvalue weighted by Gasteiger charge is -2.34. The number of rotatable bonds is 4. The number of aromatic nitrogens is 3. The Morgan fingerprint density at radius 3 is 2.64 bits per heavy atom. The smallest absolute Gasteiger partial charge is 0.259 e. The highest BCUT2D eigenvalue weighted by Gasteiger charge is 2.33. The maximum Gasteiger partial charge on any atom is 0.259 e. The molecule has 2 amide bonds. The third-order valence-electron chi connectivity index (χ3n) is 6.21. The average Bonchev–Trinajstić information content (AvgIpc) is 3.63. The molecule has 8 heteroatoms. The summed E-state index contributed by atoms with van der Waals surface area (Å²) in [4.78, 5) is 38.6. The van der Waals surface area contributed by atoms with E-state index in [1.165, 1.54) is 0 Å². The fraction of sp³-hybridized carbons (Fsp3) is 0.240. The maximum absolute atomic E-state index is 13.7. The first kappa shape index (κ1) is 19.6. The van der Waals surface area contributed by atoms with Gasteiger partial charge in [-0.15, -0.1) is 0 Å². The van der Waals surface area contributed by atoms with E-state index >= 15 is 0 Å². The number of nitrogens with zero attached hydrogens (tertiary/aromatic N) is 5. The third kappa shape index (κ3) is 3.53. The van der Waals surface area contributed by atoms with Gasteiger partial charge in [0.1, 0.15) is 12.2 Å². The number of carbonyl (C=O) groups is 2. The van der Waals surface area contributed by atoms with Crippen molar-refractivity contribution in [3.05, 3.63) is 72.2 Å². The van der Waals surface area contributed by atoms with E-state index < -0.39 is 0 Å². The van der Waals surface area contributed by atoms with Gasteiger partial charge in [-0.25, -0.2) is 4.98 Å². The van der Waals surface area contributed by atoms with Gasteiger partial charge in [0.05, 0.1) is 22.8 Å². The fourth-order valence-electron chi connectivity index (χ4n) is 4.32. The van der Waals surface area contributed by atoms with Gasteiger partial charge >= 0.3 is 0 Å². The first-order chi connectivity index (χ1) is 16.2. The van der Waals surface area contributed by atoms with E-state index in [0.29, 0.717) is 41.4 Å². The molecule has 1 saturated heterocycles. The molecule has 6 rings (SSSR count). The van der Waals surface area contributed by atoms with Crippen LogP contribution in [-0.2, 0) is 4.79 Å². The molecular weight excluding hydrogens is 418 g/mol. The van der Waals surface area contributed by atoms with Crippen LogP contribution in [0.4, 0.5) is 5.69 Å². The van der Waals surface area contributed by atoms with Crippen LogP contribution in [0.25, 0.3) is 22.4 Å². The Morgan fingerprint density at radius 2 is 1.91 bits per heavy atom. The molecule has 2 fully saturated rings. The van der Waals surface area contributed by atoms with Crippen molar-refractivity contribution in [3.8, 4) is 11.3 Å². The van der Waals surface area contributed by atoms with Crippen LogP contribution in [0.15, 0.2) is 65.4 Å². The molecule has 8 nitrogen and oxygen atoms in total. The molecule has 2 aliphatic rings. The predicted octanol–water partition coefficient (Wildman–Crippen LogP) is 3.65. The third-order valence-corrected chi connectivity index (χ3v) is 6.21. The Morgan fingerprint density at radius 1 is 1.06 bits per heavy atom. The van der Waals surface area contributed by atoms with Gasteiger partial charge in [0.2, 0.25) is 5.91 Å². The molecular formula is C25H21N5O3. The van der Waals surface area contributed by atoms with Crippen LogP contribution < -0.4 is 4.90 Å². The molecule has 0 atom stereocenters. The van der Waals surface area contributed by atoms with Crippen LogP contribution >= 0.6 is 0 Å². The molecule has 1 aromatic carbocycles. The lowest BCUT2D eigenvalue weighted by Crippen LogP contribution is -2.52. The lowest BCUT2D eigenvalue weighted by atomic mass is 10.0. The molecule has 1 saturated carbocycles. The number of benzene rings is 1. The quantitative estimate of drug-likeness (QED) is 0.482. The number of amides is 2. The summed E-state index contributed by atoms with van der Waals surface area (Å²) in [5.74, 6) is 0.00284. The predicted molar refractivity (Wildman–Crippen MR) is 122 cm³/mol. The van der Waals surface area contributed by atoms with Gasteiger partial charge in [0.15, 0.2) is 0 Å². The number of hydrogen-bond acceptors (Lipinski definition) is 6. The van der Waals surface area contributed by atoms with Crippen molar-refractivity contribution in [3.63, 3.8) is 0 Å². The standard InChI is InChI=1S/C25H21N5O3/c31-21-15-29(11-12-30(21)18-7-4-10-26-14-18)25(32)19-13-20(16-8-9-16)27-24-22(19)23(28-33-24)17-5-2-1-3-6-17/h1-7,10,13-14,16H,8-9,11-12,15H2. The molecule has 164 valence electrons. The summed E-state index contributed by atoms with van der Waals surface area (Å²) in [6.45, 7) is 0.839. The first-order valence-corrected chi connectivity index (χ1v) is 11.0. The normalized spacial score (nSPS) is 16.4. The van der Waals surface area contributed by atoms with Crippen molar-refractivity contribution in [2.75, 3.05) is 24.5 Å². The van der Waals surface area contributed by atoms with Gasteiger partial charge < -0.3 is 14.3 Å². The van der Waals surface area contributed by atoms with E-state index in [0.717, 1.165) is 29.8 Å². The minimum Gasteiger partial charge on any atom is -0.335 e. The highest BCUT2D eigenvalue weighted by molar-refractivity contribution is 6.11. The second-order valence-corrected chi connectivity index (χ2v) is 8.43. The minimum absolute atomic E-state index is 0.00224. The number of fused-ring (bicyclic) bond motifs is 1. The molecule has 1 aliphatic heterocycles. The number of pyridine rings is 2. The molecule has 1 aliphatic carbocycles. The summed E-state index contributed by atoms with van der Waals surface area (Å²) < 4.78 is 5.58. The van der Waals surface area contributed by atoms with Gasteiger partial charge in [-0.2, -0.15) is 0 Å². The monoisotopic (exact) mass is 439 g/mol. The van der Waals surface area contributed by atoms with Crippen LogP contribution in [0.5, 0.6) is 0 Å². The molecule has 3 aromatic heterocycles. The Labute approximate surface area is 189 Å². The van der Waals surface area contributed by atoms with E-state index in [1.54, 1.807) is 28.3 Å².